The molecule has 0 atom stereocenters. The fourth-order valence-electron chi connectivity index (χ4n) is 1.61. The van der Waals surface area contributed by atoms with E-state index in [1.807, 2.05) is 0 Å². The molecule has 0 aliphatic heterocycles. The molecular weight excluding hydrogens is 256 g/mol. The van der Waals surface area contributed by atoms with Gasteiger partial charge >= 0.3 is 12.0 Å². The van der Waals surface area contributed by atoms with Crippen molar-refractivity contribution < 1.29 is 14.7 Å². The maximum absolute atomic E-state index is 11.8. The zero-order valence-corrected chi connectivity index (χ0v) is 10.6. The Morgan fingerprint density at radius 2 is 2.11 bits per heavy atom. The van der Waals surface area contributed by atoms with Gasteiger partial charge in [0.2, 0.25) is 0 Å². The average molecular weight is 269 g/mol. The lowest BCUT2D eigenvalue weighted by Gasteiger charge is -2.17. The summed E-state index contributed by atoms with van der Waals surface area (Å²) in [5.41, 5.74) is 0.507. The topological polar surface area (TPSA) is 69.6 Å². The van der Waals surface area contributed by atoms with Gasteiger partial charge in [0.05, 0.1) is 10.6 Å². The van der Waals surface area contributed by atoms with Gasteiger partial charge in [-0.25, -0.2) is 9.59 Å². The number of hydrogen-bond acceptors (Lipinski definition) is 2. The highest BCUT2D eigenvalue weighted by Gasteiger charge is 2.29. The number of halogens is 1. The predicted molar refractivity (Wildman–Crippen MR) is 68.2 cm³/mol. The van der Waals surface area contributed by atoms with Gasteiger partial charge in [-0.3, -0.25) is 0 Å². The van der Waals surface area contributed by atoms with Crippen LogP contribution in [-0.2, 0) is 0 Å². The Morgan fingerprint density at radius 1 is 1.44 bits per heavy atom. The Morgan fingerprint density at radius 3 is 2.61 bits per heavy atom. The fraction of sp³-hybridized carbons (Fsp3) is 0.333. The van der Waals surface area contributed by atoms with E-state index in [0.29, 0.717) is 11.7 Å². The molecule has 0 unspecified atom stereocenters. The summed E-state index contributed by atoms with van der Waals surface area (Å²) < 4.78 is 0. The second-order valence-corrected chi connectivity index (χ2v) is 4.68. The summed E-state index contributed by atoms with van der Waals surface area (Å²) in [6.45, 7) is 0. The lowest BCUT2D eigenvalue weighted by atomic mass is 10.2. The number of nitrogens with zero attached hydrogens (tertiary/aromatic N) is 1. The van der Waals surface area contributed by atoms with E-state index in [-0.39, 0.29) is 16.6 Å². The van der Waals surface area contributed by atoms with Crippen LogP contribution < -0.4 is 5.32 Å². The highest BCUT2D eigenvalue weighted by molar-refractivity contribution is 6.33. The Kier molecular flexibility index (Phi) is 3.43. The molecule has 1 aromatic carbocycles. The molecule has 2 amide bonds. The zero-order valence-electron chi connectivity index (χ0n) is 9.81. The standard InChI is InChI=1S/C12H13ClN2O3/c1-15(8-3-4-8)12(18)14-7-2-5-9(11(16)17)10(13)6-7/h2,5-6,8H,3-4H2,1H3,(H,14,18)(H,16,17). The smallest absolute Gasteiger partial charge is 0.337 e. The first-order valence-corrected chi connectivity index (χ1v) is 5.93. The molecule has 0 bridgehead atoms. The maximum Gasteiger partial charge on any atom is 0.337 e. The first-order valence-electron chi connectivity index (χ1n) is 5.55. The van der Waals surface area contributed by atoms with Crippen molar-refractivity contribution in [3.05, 3.63) is 28.8 Å². The van der Waals surface area contributed by atoms with Gasteiger partial charge in [0.15, 0.2) is 0 Å². The lowest BCUT2D eigenvalue weighted by Crippen LogP contribution is -2.33. The third kappa shape index (κ3) is 2.73. The van der Waals surface area contributed by atoms with Crippen LogP contribution in [0.1, 0.15) is 23.2 Å². The van der Waals surface area contributed by atoms with E-state index in [1.54, 1.807) is 11.9 Å². The molecule has 0 heterocycles. The molecule has 5 nitrogen and oxygen atoms in total. The molecule has 96 valence electrons. The van der Waals surface area contributed by atoms with Gasteiger partial charge in [0, 0.05) is 18.8 Å². The van der Waals surface area contributed by atoms with Gasteiger partial charge in [0.1, 0.15) is 0 Å². The number of amides is 2. The molecule has 6 heteroatoms. The molecule has 2 N–H and O–H groups in total. The molecule has 1 aliphatic rings. The highest BCUT2D eigenvalue weighted by atomic mass is 35.5. The van der Waals surface area contributed by atoms with Crippen molar-refractivity contribution in [2.75, 3.05) is 12.4 Å². The molecular formula is C12H13ClN2O3. The number of aromatic carboxylic acids is 1. The monoisotopic (exact) mass is 268 g/mol. The van der Waals surface area contributed by atoms with E-state index in [1.165, 1.54) is 18.2 Å². The fourth-order valence-corrected chi connectivity index (χ4v) is 1.87. The van der Waals surface area contributed by atoms with Crippen molar-refractivity contribution in [2.24, 2.45) is 0 Å². The van der Waals surface area contributed by atoms with Crippen molar-refractivity contribution in [1.29, 1.82) is 0 Å². The Hall–Kier alpha value is -1.75. The minimum atomic E-state index is -1.09. The number of carboxylic acids is 1. The molecule has 1 aromatic rings. The third-order valence-electron chi connectivity index (χ3n) is 2.87. The van der Waals surface area contributed by atoms with Gasteiger partial charge in [-0.2, -0.15) is 0 Å². The van der Waals surface area contributed by atoms with Crippen molar-refractivity contribution in [3.8, 4) is 0 Å². The van der Waals surface area contributed by atoms with Gasteiger partial charge in [0.25, 0.3) is 0 Å². The van der Waals surface area contributed by atoms with E-state index in [2.05, 4.69) is 5.32 Å². The number of anilines is 1. The Bertz CT molecular complexity index is 500. The highest BCUT2D eigenvalue weighted by Crippen LogP contribution is 2.26. The summed E-state index contributed by atoms with van der Waals surface area (Å²) in [7, 11) is 1.74. The van der Waals surface area contributed by atoms with Gasteiger partial charge in [-0.1, -0.05) is 11.6 Å². The third-order valence-corrected chi connectivity index (χ3v) is 3.18. The SMILES string of the molecule is CN(C(=O)Nc1ccc(C(=O)O)c(Cl)c1)C1CC1. The summed E-state index contributed by atoms with van der Waals surface area (Å²) >= 11 is 5.82. The summed E-state index contributed by atoms with van der Waals surface area (Å²) in [4.78, 5) is 24.2. The quantitative estimate of drug-likeness (QED) is 0.885. The van der Waals surface area contributed by atoms with E-state index >= 15 is 0 Å². The van der Waals surface area contributed by atoms with E-state index in [9.17, 15) is 9.59 Å². The first-order chi connectivity index (χ1) is 8.49. The number of carbonyl (C=O) groups is 2. The largest absolute Gasteiger partial charge is 0.478 e. The molecule has 0 spiro atoms. The lowest BCUT2D eigenvalue weighted by molar-refractivity contribution is 0.0697. The van der Waals surface area contributed by atoms with Crippen LogP contribution in [0, 0.1) is 0 Å². The molecule has 1 aliphatic carbocycles. The average Bonchev–Trinajstić information content (AvgIpc) is 3.11. The van der Waals surface area contributed by atoms with E-state index < -0.39 is 5.97 Å². The summed E-state index contributed by atoms with van der Waals surface area (Å²) in [5, 5.41) is 11.6. The number of carbonyl (C=O) groups excluding carboxylic acids is 1. The number of hydrogen-bond donors (Lipinski definition) is 2. The molecule has 0 radical (unpaired) electrons. The number of benzene rings is 1. The van der Waals surface area contributed by atoms with Crippen LogP contribution in [0.3, 0.4) is 0 Å². The molecule has 2 rings (SSSR count). The minimum Gasteiger partial charge on any atom is -0.478 e. The summed E-state index contributed by atoms with van der Waals surface area (Å²) in [5.74, 6) is -1.09. The van der Waals surface area contributed by atoms with Crippen LogP contribution in [0.15, 0.2) is 18.2 Å². The van der Waals surface area contributed by atoms with E-state index in [4.69, 9.17) is 16.7 Å². The van der Waals surface area contributed by atoms with Crippen LogP contribution in [0.25, 0.3) is 0 Å². The van der Waals surface area contributed by atoms with E-state index in [0.717, 1.165) is 12.8 Å². The van der Waals surface area contributed by atoms with Crippen molar-refractivity contribution in [2.45, 2.75) is 18.9 Å². The van der Waals surface area contributed by atoms with Gasteiger partial charge in [-0.15, -0.1) is 0 Å². The number of urea groups is 1. The zero-order chi connectivity index (χ0) is 13.3. The number of rotatable bonds is 3. The van der Waals surface area contributed by atoms with Crippen LogP contribution in [-0.4, -0.2) is 35.1 Å². The normalized spacial score (nSPS) is 14.1. The van der Waals surface area contributed by atoms with Crippen molar-refractivity contribution in [3.63, 3.8) is 0 Å². The van der Waals surface area contributed by atoms with Gasteiger partial charge < -0.3 is 15.3 Å². The number of carboxylic acid groups (broad SMARTS) is 1. The van der Waals surface area contributed by atoms with Crippen molar-refractivity contribution >= 4 is 29.3 Å². The molecule has 18 heavy (non-hydrogen) atoms. The summed E-state index contributed by atoms with van der Waals surface area (Å²) in [6, 6.07) is 4.44. The molecule has 0 aromatic heterocycles. The molecule has 1 saturated carbocycles. The van der Waals surface area contributed by atoms with Crippen LogP contribution >= 0.6 is 11.6 Å². The second-order valence-electron chi connectivity index (χ2n) is 4.27. The minimum absolute atomic E-state index is 0.0187. The van der Waals surface area contributed by atoms with Crippen LogP contribution in [0.5, 0.6) is 0 Å². The van der Waals surface area contributed by atoms with Crippen molar-refractivity contribution in [1.82, 2.24) is 4.90 Å². The van der Waals surface area contributed by atoms with Gasteiger partial charge in [-0.05, 0) is 31.0 Å². The Labute approximate surface area is 109 Å². The second kappa shape index (κ2) is 4.86. The Balaban J connectivity index is 2.07. The predicted octanol–water partition coefficient (Wildman–Crippen LogP) is 2.66. The number of nitrogens with one attached hydrogen (secondary N) is 1. The summed E-state index contributed by atoms with van der Waals surface area (Å²) in [6.07, 6.45) is 2.06. The maximum atomic E-state index is 11.8. The first kappa shape index (κ1) is 12.7. The van der Waals surface area contributed by atoms with Crippen LogP contribution in [0.4, 0.5) is 10.5 Å². The van der Waals surface area contributed by atoms with Crippen LogP contribution in [0.2, 0.25) is 5.02 Å². The molecule has 0 saturated heterocycles. The molecule has 1 fully saturated rings.